The van der Waals surface area contributed by atoms with Gasteiger partial charge in [0.15, 0.2) is 0 Å². The lowest BCUT2D eigenvalue weighted by Crippen LogP contribution is -2.53. The number of benzene rings is 3. The van der Waals surface area contributed by atoms with Gasteiger partial charge in [-0.25, -0.2) is 4.90 Å². The Morgan fingerprint density at radius 1 is 0.971 bits per heavy atom. The number of rotatable bonds is 4. The quantitative estimate of drug-likeness (QED) is 0.327. The van der Waals surface area contributed by atoms with Crippen LogP contribution >= 0.6 is 0 Å². The topological polar surface area (TPSA) is 89.8 Å². The van der Waals surface area contributed by atoms with Crippen LogP contribution in [-0.2, 0) is 15.0 Å². The van der Waals surface area contributed by atoms with Crippen molar-refractivity contribution in [3.63, 3.8) is 0 Å². The number of carbonyl (C=O) groups is 2. The van der Waals surface area contributed by atoms with Gasteiger partial charge in [0.05, 0.1) is 29.9 Å². The summed E-state index contributed by atoms with van der Waals surface area (Å²) in [5.41, 5.74) is 3.29. The van der Waals surface area contributed by atoms with Gasteiger partial charge in [0, 0.05) is 11.3 Å². The van der Waals surface area contributed by atoms with E-state index in [-0.39, 0.29) is 34.9 Å². The van der Waals surface area contributed by atoms with Gasteiger partial charge in [0.25, 0.3) is 5.69 Å². The van der Waals surface area contributed by atoms with E-state index < -0.39 is 22.2 Å². The molecule has 7 rings (SSSR count). The van der Waals surface area contributed by atoms with E-state index in [2.05, 4.69) is 12.1 Å². The van der Waals surface area contributed by atoms with E-state index in [9.17, 15) is 19.7 Å². The number of imide groups is 1. The predicted octanol–water partition coefficient (Wildman–Crippen LogP) is 4.56. The maximum absolute atomic E-state index is 14.1. The Bertz CT molecular complexity index is 1350. The Labute approximate surface area is 196 Å². The fourth-order valence-corrected chi connectivity index (χ4v) is 6.73. The van der Waals surface area contributed by atoms with Crippen molar-refractivity contribution in [2.75, 3.05) is 12.0 Å². The smallest absolute Gasteiger partial charge is 0.297 e. The zero-order chi connectivity index (χ0) is 23.8. The molecule has 2 atom stereocenters. The van der Waals surface area contributed by atoms with Gasteiger partial charge >= 0.3 is 0 Å². The molecule has 0 aromatic heterocycles. The first-order valence-corrected chi connectivity index (χ1v) is 11.3. The second kappa shape index (κ2) is 7.00. The molecule has 3 aliphatic carbocycles. The van der Waals surface area contributed by atoms with Crippen molar-refractivity contribution in [2.45, 2.75) is 24.7 Å². The first kappa shape index (κ1) is 20.6. The summed E-state index contributed by atoms with van der Waals surface area (Å²) in [7, 11) is 1.41. The number of hydrogen-bond acceptors (Lipinski definition) is 5. The highest BCUT2D eigenvalue weighted by Gasteiger charge is 2.67. The molecule has 4 aliphatic rings. The third-order valence-corrected chi connectivity index (χ3v) is 7.97. The van der Waals surface area contributed by atoms with Crippen LogP contribution in [0.2, 0.25) is 0 Å². The van der Waals surface area contributed by atoms with Crippen LogP contribution in [0.25, 0.3) is 0 Å². The average molecular weight is 454 g/mol. The highest BCUT2D eigenvalue weighted by molar-refractivity contribution is 6.24. The molecule has 1 fully saturated rings. The molecule has 1 heterocycles. The summed E-state index contributed by atoms with van der Waals surface area (Å²) < 4.78 is 5.14. The normalized spacial score (nSPS) is 26.2. The molecular weight excluding hydrogens is 432 g/mol. The number of amides is 2. The number of nitrogens with zero attached hydrogens (tertiary/aromatic N) is 2. The Hall–Kier alpha value is -4.00. The molecule has 34 heavy (non-hydrogen) atoms. The summed E-state index contributed by atoms with van der Waals surface area (Å²) in [6.07, 6.45) is 0.631. The number of nitro benzene ring substituents is 1. The van der Waals surface area contributed by atoms with Crippen LogP contribution in [-0.4, -0.2) is 23.8 Å². The largest absolute Gasteiger partial charge is 0.496 e. The highest BCUT2D eigenvalue weighted by atomic mass is 16.6. The van der Waals surface area contributed by atoms with Gasteiger partial charge in [-0.3, -0.25) is 19.7 Å². The molecule has 0 radical (unpaired) electrons. The third kappa shape index (κ3) is 2.31. The van der Waals surface area contributed by atoms with Crippen LogP contribution in [0.15, 0.2) is 66.7 Å². The van der Waals surface area contributed by atoms with E-state index in [1.54, 1.807) is 6.07 Å². The Balaban J connectivity index is 1.61. The number of hydrogen-bond donors (Lipinski definition) is 0. The minimum atomic E-state index is -0.671. The Morgan fingerprint density at radius 3 is 2.15 bits per heavy atom. The summed E-state index contributed by atoms with van der Waals surface area (Å²) >= 11 is 0. The lowest BCUT2D eigenvalue weighted by Gasteiger charge is -2.54. The lowest BCUT2D eigenvalue weighted by molar-refractivity contribution is -0.384. The van der Waals surface area contributed by atoms with Crippen molar-refractivity contribution >= 4 is 23.2 Å². The van der Waals surface area contributed by atoms with Gasteiger partial charge in [-0.1, -0.05) is 55.5 Å². The van der Waals surface area contributed by atoms with Crippen molar-refractivity contribution < 1.29 is 19.2 Å². The van der Waals surface area contributed by atoms with Gasteiger partial charge in [-0.05, 0) is 40.8 Å². The molecule has 2 bridgehead atoms. The van der Waals surface area contributed by atoms with Gasteiger partial charge in [-0.15, -0.1) is 0 Å². The summed E-state index contributed by atoms with van der Waals surface area (Å²) in [6.45, 7) is 2.05. The van der Waals surface area contributed by atoms with E-state index in [1.807, 2.05) is 43.3 Å². The Kier molecular flexibility index (Phi) is 4.24. The summed E-state index contributed by atoms with van der Waals surface area (Å²) in [5.74, 6) is -1.98. The molecular formula is C27H22N2O5. The monoisotopic (exact) mass is 454 g/mol. The molecule has 2 unspecified atom stereocenters. The van der Waals surface area contributed by atoms with E-state index >= 15 is 0 Å². The number of carbonyl (C=O) groups excluding carboxylic acids is 2. The molecule has 3 aromatic carbocycles. The molecule has 7 nitrogen and oxygen atoms in total. The maximum atomic E-state index is 14.1. The fourth-order valence-electron chi connectivity index (χ4n) is 6.73. The van der Waals surface area contributed by atoms with Crippen LogP contribution in [0.4, 0.5) is 11.4 Å². The van der Waals surface area contributed by atoms with Crippen molar-refractivity contribution in [3.05, 3.63) is 99.1 Å². The van der Waals surface area contributed by atoms with Crippen LogP contribution in [0.1, 0.15) is 41.5 Å². The Morgan fingerprint density at radius 2 is 1.59 bits per heavy atom. The average Bonchev–Trinajstić information content (AvgIpc) is 3.14. The van der Waals surface area contributed by atoms with Crippen molar-refractivity contribution in [2.24, 2.45) is 11.8 Å². The number of anilines is 1. The van der Waals surface area contributed by atoms with Crippen molar-refractivity contribution in [1.82, 2.24) is 0 Å². The van der Waals surface area contributed by atoms with Crippen molar-refractivity contribution in [1.29, 1.82) is 0 Å². The summed E-state index contributed by atoms with van der Waals surface area (Å²) in [6, 6.07) is 20.3. The molecule has 3 aromatic rings. The molecule has 0 spiro atoms. The van der Waals surface area contributed by atoms with Crippen LogP contribution in [0.5, 0.6) is 5.75 Å². The number of ether oxygens (including phenoxy) is 1. The standard InChI is InChI=1S/C27H22N2O5/c1-3-27-18-10-6-4-8-16(18)22(17-9-5-7-11-19(17)27)23-24(27)26(31)28(25(23)30)20-13-12-15(34-2)14-21(20)29(32)33/h4-14,22-24H,3H2,1-2H3. The fraction of sp³-hybridized carbons (Fsp3) is 0.259. The van der Waals surface area contributed by atoms with E-state index in [1.165, 1.54) is 19.2 Å². The van der Waals surface area contributed by atoms with Gasteiger partial charge in [-0.2, -0.15) is 0 Å². The summed E-state index contributed by atoms with van der Waals surface area (Å²) in [5, 5.41) is 11.9. The van der Waals surface area contributed by atoms with E-state index in [4.69, 9.17) is 4.74 Å². The SMILES string of the molecule is CCC12c3ccccc3C(c3ccccc31)C1C(=O)N(c3ccc(OC)cc3[N+](=O)[O-])C(=O)C12. The first-order chi connectivity index (χ1) is 16.5. The third-order valence-electron chi connectivity index (χ3n) is 7.97. The zero-order valence-corrected chi connectivity index (χ0v) is 18.7. The minimum absolute atomic E-state index is 0.00559. The zero-order valence-electron chi connectivity index (χ0n) is 18.7. The highest BCUT2D eigenvalue weighted by Crippen LogP contribution is 2.65. The lowest BCUT2D eigenvalue weighted by atomic mass is 9.46. The molecule has 170 valence electrons. The molecule has 7 heteroatoms. The maximum Gasteiger partial charge on any atom is 0.297 e. The van der Waals surface area contributed by atoms with E-state index in [0.717, 1.165) is 27.2 Å². The van der Waals surface area contributed by atoms with Crippen LogP contribution < -0.4 is 9.64 Å². The van der Waals surface area contributed by atoms with Gasteiger partial charge in [0.2, 0.25) is 11.8 Å². The van der Waals surface area contributed by atoms with Gasteiger partial charge in [0.1, 0.15) is 11.4 Å². The first-order valence-electron chi connectivity index (χ1n) is 11.3. The number of methoxy groups -OCH3 is 1. The molecule has 1 saturated heterocycles. The second-order valence-corrected chi connectivity index (χ2v) is 9.10. The second-order valence-electron chi connectivity index (χ2n) is 9.10. The molecule has 0 saturated carbocycles. The van der Waals surface area contributed by atoms with Crippen molar-refractivity contribution in [3.8, 4) is 5.75 Å². The summed E-state index contributed by atoms with van der Waals surface area (Å²) in [4.78, 5) is 40.5. The van der Waals surface area contributed by atoms with Crippen LogP contribution in [0, 0.1) is 22.0 Å². The number of nitro groups is 1. The van der Waals surface area contributed by atoms with E-state index in [0.29, 0.717) is 6.42 Å². The molecule has 0 N–H and O–H groups in total. The molecule has 1 aliphatic heterocycles. The van der Waals surface area contributed by atoms with Crippen LogP contribution in [0.3, 0.4) is 0 Å². The predicted molar refractivity (Wildman–Crippen MR) is 125 cm³/mol. The minimum Gasteiger partial charge on any atom is -0.496 e. The molecule has 2 amide bonds. The van der Waals surface area contributed by atoms with Gasteiger partial charge < -0.3 is 4.74 Å².